The van der Waals surface area contributed by atoms with Crippen LogP contribution in [-0.2, 0) is 0 Å². The van der Waals surface area contributed by atoms with Crippen LogP contribution in [0.2, 0.25) is 0 Å². The van der Waals surface area contributed by atoms with Crippen molar-refractivity contribution in [1.82, 2.24) is 19.8 Å². The maximum absolute atomic E-state index is 6.26. The first-order valence-corrected chi connectivity index (χ1v) is 13.5. The van der Waals surface area contributed by atoms with Gasteiger partial charge in [0, 0.05) is 42.5 Å². The van der Waals surface area contributed by atoms with Gasteiger partial charge in [-0.1, -0.05) is 0 Å². The second kappa shape index (κ2) is 11.1. The molecular formula is C29H41N5O2. The molecule has 2 saturated heterocycles. The molecule has 2 aliphatic rings. The molecule has 5 rings (SSSR count). The van der Waals surface area contributed by atoms with Gasteiger partial charge in [-0.15, -0.1) is 0 Å². The minimum atomic E-state index is 0.498. The van der Waals surface area contributed by atoms with E-state index < -0.39 is 0 Å². The Morgan fingerprint density at radius 3 is 2.53 bits per heavy atom. The first-order valence-electron chi connectivity index (χ1n) is 13.5. The number of piperidine rings is 1. The van der Waals surface area contributed by atoms with E-state index in [-0.39, 0.29) is 0 Å². The average Bonchev–Trinajstić information content (AvgIpc) is 3.57. The second-order valence-electron chi connectivity index (χ2n) is 10.5. The zero-order valence-electron chi connectivity index (χ0n) is 22.3. The van der Waals surface area contributed by atoms with Gasteiger partial charge in [-0.05, 0) is 96.5 Å². The molecule has 194 valence electrons. The lowest BCUT2D eigenvalue weighted by atomic mass is 10.0. The lowest BCUT2D eigenvalue weighted by molar-refractivity contribution is 0.253. The van der Waals surface area contributed by atoms with Crippen molar-refractivity contribution in [3.63, 3.8) is 0 Å². The van der Waals surface area contributed by atoms with E-state index in [2.05, 4.69) is 71.0 Å². The summed E-state index contributed by atoms with van der Waals surface area (Å²) < 4.78 is 12.1. The molecule has 36 heavy (non-hydrogen) atoms. The monoisotopic (exact) mass is 491 g/mol. The van der Waals surface area contributed by atoms with Crippen LogP contribution in [0.15, 0.2) is 30.3 Å². The van der Waals surface area contributed by atoms with Crippen molar-refractivity contribution >= 4 is 16.6 Å². The van der Waals surface area contributed by atoms with Crippen molar-refractivity contribution < 1.29 is 9.47 Å². The first kappa shape index (κ1) is 24.9. The van der Waals surface area contributed by atoms with Crippen LogP contribution in [0, 0.1) is 6.92 Å². The van der Waals surface area contributed by atoms with Crippen LogP contribution < -0.4 is 14.4 Å². The van der Waals surface area contributed by atoms with E-state index in [0.717, 1.165) is 78.4 Å². The zero-order chi connectivity index (χ0) is 25.1. The van der Waals surface area contributed by atoms with E-state index >= 15 is 0 Å². The number of nitrogens with one attached hydrogen (secondary N) is 1. The maximum atomic E-state index is 6.26. The molecule has 2 aromatic heterocycles. The van der Waals surface area contributed by atoms with Crippen LogP contribution in [0.4, 0.5) is 5.69 Å². The zero-order valence-corrected chi connectivity index (χ0v) is 22.3. The lowest BCUT2D eigenvalue weighted by Gasteiger charge is -2.37. The number of likely N-dealkylation sites (tertiary alicyclic amines) is 2. The summed E-state index contributed by atoms with van der Waals surface area (Å²) in [7, 11) is 6.16. The fourth-order valence-corrected chi connectivity index (χ4v) is 5.63. The van der Waals surface area contributed by atoms with Crippen molar-refractivity contribution in [3.05, 3.63) is 36.0 Å². The van der Waals surface area contributed by atoms with E-state index in [4.69, 9.17) is 14.5 Å². The molecule has 0 unspecified atom stereocenters. The number of benzene rings is 1. The maximum Gasteiger partial charge on any atom is 0.163 e. The van der Waals surface area contributed by atoms with Gasteiger partial charge in [0.2, 0.25) is 0 Å². The second-order valence-corrected chi connectivity index (χ2v) is 10.5. The molecule has 4 heterocycles. The number of fused-ring (bicyclic) bond motifs is 1. The molecule has 7 heteroatoms. The van der Waals surface area contributed by atoms with Crippen molar-refractivity contribution in [2.45, 2.75) is 45.1 Å². The summed E-state index contributed by atoms with van der Waals surface area (Å²) in [5, 5.41) is 1.10. The molecule has 0 radical (unpaired) electrons. The molecule has 0 spiro atoms. The number of nitrogens with zero attached hydrogens (tertiary/aromatic N) is 4. The standard InChI is InChI=1S/C29H41N5O2/c1-21-8-9-24(30-21)26-19-27(33(3)22-10-15-32(2)16-11-22)23-18-28(35-4)29(20-25(23)31-26)36-17-7-14-34-12-5-6-13-34/h8-9,18-20,22,30H,5-7,10-17H2,1-4H3. The number of rotatable bonds is 9. The number of hydrogen-bond donors (Lipinski definition) is 1. The quantitative estimate of drug-likeness (QED) is 0.428. The Kier molecular flexibility index (Phi) is 7.67. The van der Waals surface area contributed by atoms with Gasteiger partial charge in [0.15, 0.2) is 11.5 Å². The minimum Gasteiger partial charge on any atom is -0.493 e. The summed E-state index contributed by atoms with van der Waals surface area (Å²) in [6, 6.07) is 11.1. The summed E-state index contributed by atoms with van der Waals surface area (Å²) in [6.07, 6.45) is 5.97. The third kappa shape index (κ3) is 5.47. The Labute approximate surface area is 215 Å². The Hall–Kier alpha value is -2.77. The molecule has 3 aromatic rings. The minimum absolute atomic E-state index is 0.498. The largest absolute Gasteiger partial charge is 0.493 e. The van der Waals surface area contributed by atoms with Crippen molar-refractivity contribution in [2.24, 2.45) is 0 Å². The normalized spacial score (nSPS) is 17.7. The smallest absolute Gasteiger partial charge is 0.163 e. The fourth-order valence-electron chi connectivity index (χ4n) is 5.63. The van der Waals surface area contributed by atoms with E-state index in [9.17, 15) is 0 Å². The van der Waals surface area contributed by atoms with Crippen LogP contribution in [0.1, 0.15) is 37.8 Å². The summed E-state index contributed by atoms with van der Waals surface area (Å²) in [5.74, 6) is 1.54. The van der Waals surface area contributed by atoms with E-state index in [0.29, 0.717) is 12.6 Å². The molecule has 1 aromatic carbocycles. The molecule has 0 saturated carbocycles. The molecular weight excluding hydrogens is 450 g/mol. The molecule has 1 N–H and O–H groups in total. The Morgan fingerprint density at radius 2 is 1.83 bits per heavy atom. The summed E-state index contributed by atoms with van der Waals surface area (Å²) in [5.41, 5.74) is 5.25. The number of anilines is 1. The number of hydrogen-bond acceptors (Lipinski definition) is 6. The van der Waals surface area contributed by atoms with Crippen LogP contribution in [-0.4, -0.2) is 86.3 Å². The molecule has 2 fully saturated rings. The molecule has 7 nitrogen and oxygen atoms in total. The first-order chi connectivity index (χ1) is 17.5. The van der Waals surface area contributed by atoms with Gasteiger partial charge in [0.05, 0.1) is 30.6 Å². The van der Waals surface area contributed by atoms with Gasteiger partial charge >= 0.3 is 0 Å². The topological polar surface area (TPSA) is 56.9 Å². The summed E-state index contributed by atoms with van der Waals surface area (Å²) >= 11 is 0. The molecule has 0 atom stereocenters. The highest BCUT2D eigenvalue weighted by molar-refractivity contribution is 5.96. The molecule has 2 aliphatic heterocycles. The average molecular weight is 492 g/mol. The number of pyridine rings is 1. The lowest BCUT2D eigenvalue weighted by Crippen LogP contribution is -2.42. The van der Waals surface area contributed by atoms with Crippen LogP contribution in [0.5, 0.6) is 11.5 Å². The number of aryl methyl sites for hydroxylation is 1. The fraction of sp³-hybridized carbons (Fsp3) is 0.552. The highest BCUT2D eigenvalue weighted by Gasteiger charge is 2.24. The predicted molar refractivity (Wildman–Crippen MR) is 148 cm³/mol. The van der Waals surface area contributed by atoms with Crippen LogP contribution in [0.25, 0.3) is 22.3 Å². The van der Waals surface area contributed by atoms with Crippen LogP contribution >= 0.6 is 0 Å². The third-order valence-corrected chi connectivity index (χ3v) is 7.87. The Bertz CT molecular complexity index is 1160. The Balaban J connectivity index is 1.47. The van der Waals surface area contributed by atoms with Gasteiger partial charge in [0.1, 0.15) is 0 Å². The van der Waals surface area contributed by atoms with E-state index in [1.165, 1.54) is 31.6 Å². The van der Waals surface area contributed by atoms with Gasteiger partial charge in [0.25, 0.3) is 0 Å². The SMILES string of the molecule is COc1cc2c(N(C)C3CCN(C)CC3)cc(-c3ccc(C)[nH]3)nc2cc1OCCCN1CCCC1. The number of H-pyrrole nitrogens is 1. The summed E-state index contributed by atoms with van der Waals surface area (Å²) in [4.78, 5) is 15.9. The molecule has 0 bridgehead atoms. The van der Waals surface area contributed by atoms with Gasteiger partial charge < -0.3 is 29.2 Å². The highest BCUT2D eigenvalue weighted by atomic mass is 16.5. The van der Waals surface area contributed by atoms with Crippen molar-refractivity contribution in [3.8, 4) is 22.9 Å². The van der Waals surface area contributed by atoms with Gasteiger partial charge in [-0.25, -0.2) is 4.98 Å². The predicted octanol–water partition coefficient (Wildman–Crippen LogP) is 4.94. The van der Waals surface area contributed by atoms with Crippen molar-refractivity contribution in [2.75, 3.05) is 65.4 Å². The third-order valence-electron chi connectivity index (χ3n) is 7.87. The van der Waals surface area contributed by atoms with Crippen LogP contribution in [0.3, 0.4) is 0 Å². The van der Waals surface area contributed by atoms with Gasteiger partial charge in [-0.3, -0.25) is 0 Å². The van der Waals surface area contributed by atoms with E-state index in [1.807, 2.05) is 0 Å². The number of aromatic amines is 1. The highest BCUT2D eigenvalue weighted by Crippen LogP contribution is 2.39. The number of methoxy groups -OCH3 is 1. The Morgan fingerprint density at radius 1 is 1.06 bits per heavy atom. The summed E-state index contributed by atoms with van der Waals surface area (Å²) in [6.45, 7) is 8.54. The van der Waals surface area contributed by atoms with Crippen molar-refractivity contribution in [1.29, 1.82) is 0 Å². The van der Waals surface area contributed by atoms with E-state index in [1.54, 1.807) is 7.11 Å². The molecule has 0 aliphatic carbocycles. The number of aromatic nitrogens is 2. The molecule has 0 amide bonds. The number of ether oxygens (including phenoxy) is 2. The van der Waals surface area contributed by atoms with Gasteiger partial charge in [-0.2, -0.15) is 0 Å².